The number of aliphatic hydroxyl groups excluding tert-OH is 1. The van der Waals surface area contributed by atoms with Gasteiger partial charge in [0.1, 0.15) is 6.26 Å². The number of esters is 1. The Morgan fingerprint density at radius 3 is 2.59 bits per heavy atom. The van der Waals surface area contributed by atoms with Crippen molar-refractivity contribution in [1.29, 1.82) is 0 Å². The van der Waals surface area contributed by atoms with Crippen LogP contribution in [0.25, 0.3) is 0 Å². The fraction of sp³-hybridized carbons (Fsp3) is 0.500. The molecule has 1 aromatic rings. The van der Waals surface area contributed by atoms with Crippen LogP contribution in [-0.2, 0) is 11.2 Å². The van der Waals surface area contributed by atoms with Crippen molar-refractivity contribution in [2.24, 2.45) is 17.3 Å². The third-order valence-corrected chi connectivity index (χ3v) is 5.22. The summed E-state index contributed by atoms with van der Waals surface area (Å²) in [6.45, 7) is 10.4. The number of allylic oxidation sites excluding steroid dienone is 7. The molecule has 160 valence electrons. The van der Waals surface area contributed by atoms with Gasteiger partial charge in [-0.25, -0.2) is 9.78 Å². The maximum Gasteiger partial charge on any atom is 0.360 e. The highest BCUT2D eigenvalue weighted by Crippen LogP contribution is 2.33. The van der Waals surface area contributed by atoms with Gasteiger partial charge in [-0.2, -0.15) is 0 Å². The summed E-state index contributed by atoms with van der Waals surface area (Å²) in [5.41, 5.74) is 0.0120. The molecule has 5 nitrogen and oxygen atoms in total. The van der Waals surface area contributed by atoms with Gasteiger partial charge >= 0.3 is 5.97 Å². The van der Waals surface area contributed by atoms with Crippen molar-refractivity contribution < 1.29 is 19.1 Å². The van der Waals surface area contributed by atoms with Gasteiger partial charge in [-0.3, -0.25) is 0 Å². The summed E-state index contributed by atoms with van der Waals surface area (Å²) in [5.74, 6) is 0.532. The SMILES string of the molecule is C/C=C/[C@H](C)C(C)(C)[C@@H](O)C\C=C/C=C\C=C\[C@H](C)Cc1nc(C(=O)OC)co1. The number of rotatable bonds is 11. The van der Waals surface area contributed by atoms with Crippen LogP contribution >= 0.6 is 0 Å². The summed E-state index contributed by atoms with van der Waals surface area (Å²) >= 11 is 0. The number of hydrogen-bond donors (Lipinski definition) is 1. The molecule has 1 rings (SSSR count). The zero-order valence-electron chi connectivity index (χ0n) is 18.5. The van der Waals surface area contributed by atoms with Gasteiger partial charge in [-0.15, -0.1) is 0 Å². The Morgan fingerprint density at radius 1 is 1.24 bits per heavy atom. The summed E-state index contributed by atoms with van der Waals surface area (Å²) < 4.78 is 9.91. The van der Waals surface area contributed by atoms with Gasteiger partial charge in [0.2, 0.25) is 0 Å². The number of oxazole rings is 1. The van der Waals surface area contributed by atoms with E-state index in [1.165, 1.54) is 13.4 Å². The Labute approximate surface area is 174 Å². The average molecular weight is 402 g/mol. The Balaban J connectivity index is 2.43. The molecule has 0 bridgehead atoms. The molecule has 29 heavy (non-hydrogen) atoms. The molecule has 0 aliphatic heterocycles. The van der Waals surface area contributed by atoms with Gasteiger partial charge in [0, 0.05) is 6.42 Å². The Morgan fingerprint density at radius 2 is 1.93 bits per heavy atom. The number of carbonyl (C=O) groups is 1. The lowest BCUT2D eigenvalue weighted by Crippen LogP contribution is -2.34. The molecule has 1 heterocycles. The number of hydrogen-bond acceptors (Lipinski definition) is 5. The zero-order valence-corrected chi connectivity index (χ0v) is 18.5. The molecule has 0 spiro atoms. The maximum absolute atomic E-state index is 11.4. The van der Waals surface area contributed by atoms with Gasteiger partial charge in [-0.05, 0) is 30.6 Å². The predicted octanol–water partition coefficient (Wildman–Crippen LogP) is 5.30. The topological polar surface area (TPSA) is 72.6 Å². The molecule has 0 radical (unpaired) electrons. The molecular weight excluding hydrogens is 366 g/mol. The largest absolute Gasteiger partial charge is 0.464 e. The van der Waals surface area contributed by atoms with Crippen molar-refractivity contribution in [2.75, 3.05) is 7.11 Å². The number of aliphatic hydroxyl groups is 1. The highest BCUT2D eigenvalue weighted by Gasteiger charge is 2.31. The van der Waals surface area contributed by atoms with Gasteiger partial charge in [0.15, 0.2) is 11.6 Å². The molecular formula is C24H35NO4. The van der Waals surface area contributed by atoms with Gasteiger partial charge in [0.25, 0.3) is 0 Å². The van der Waals surface area contributed by atoms with Crippen LogP contribution in [0.4, 0.5) is 0 Å². The van der Waals surface area contributed by atoms with Crippen molar-refractivity contribution in [3.63, 3.8) is 0 Å². The van der Waals surface area contributed by atoms with E-state index in [2.05, 4.69) is 36.6 Å². The molecule has 5 heteroatoms. The molecule has 0 saturated carbocycles. The molecule has 0 unspecified atom stereocenters. The first-order valence-corrected chi connectivity index (χ1v) is 10.1. The van der Waals surface area contributed by atoms with Crippen LogP contribution in [0.1, 0.15) is 57.4 Å². The fourth-order valence-corrected chi connectivity index (χ4v) is 2.76. The monoisotopic (exact) mass is 401 g/mol. The lowest BCUT2D eigenvalue weighted by atomic mass is 9.74. The van der Waals surface area contributed by atoms with Gasteiger partial charge < -0.3 is 14.3 Å². The van der Waals surface area contributed by atoms with Crippen LogP contribution in [0, 0.1) is 17.3 Å². The molecule has 0 aliphatic rings. The van der Waals surface area contributed by atoms with Gasteiger partial charge in [0.05, 0.1) is 13.2 Å². The number of aromatic nitrogens is 1. The molecule has 0 fully saturated rings. The van der Waals surface area contributed by atoms with Crippen LogP contribution in [0.3, 0.4) is 0 Å². The first kappa shape index (κ1) is 24.6. The lowest BCUT2D eigenvalue weighted by molar-refractivity contribution is 0.0279. The highest BCUT2D eigenvalue weighted by atomic mass is 16.5. The van der Waals surface area contributed by atoms with E-state index < -0.39 is 12.1 Å². The number of ether oxygens (including phenoxy) is 1. The smallest absolute Gasteiger partial charge is 0.360 e. The third-order valence-electron chi connectivity index (χ3n) is 5.22. The standard InChI is InChI=1S/C24H35NO4/c1-7-13-19(3)24(4,5)21(26)15-12-10-8-9-11-14-18(2)16-22-25-20(17-29-22)23(27)28-6/h7-14,17-19,21,26H,15-16H2,1-6H3/b9-8-,12-10-,13-7+,14-11+/t18-,19-,21-/m0/s1. The highest BCUT2D eigenvalue weighted by molar-refractivity contribution is 5.86. The van der Waals surface area contributed by atoms with Crippen molar-refractivity contribution in [3.8, 4) is 0 Å². The average Bonchev–Trinajstić information content (AvgIpc) is 3.14. The summed E-state index contributed by atoms with van der Waals surface area (Å²) in [5, 5.41) is 10.5. The zero-order chi connectivity index (χ0) is 21.9. The van der Waals surface area contributed by atoms with E-state index in [4.69, 9.17) is 4.42 Å². The molecule has 3 atom stereocenters. The fourth-order valence-electron chi connectivity index (χ4n) is 2.76. The number of nitrogens with zero attached hydrogens (tertiary/aromatic N) is 1. The number of methoxy groups -OCH3 is 1. The van der Waals surface area contributed by atoms with E-state index in [1.807, 2.05) is 56.4 Å². The van der Waals surface area contributed by atoms with Crippen LogP contribution in [0.2, 0.25) is 0 Å². The second kappa shape index (κ2) is 12.2. The molecule has 0 saturated heterocycles. The van der Waals surface area contributed by atoms with E-state index in [0.29, 0.717) is 24.7 Å². The van der Waals surface area contributed by atoms with E-state index in [-0.39, 0.29) is 17.0 Å². The summed E-state index contributed by atoms with van der Waals surface area (Å²) in [6.07, 6.45) is 18.1. The summed E-state index contributed by atoms with van der Waals surface area (Å²) in [6, 6.07) is 0. The first-order valence-electron chi connectivity index (χ1n) is 10.1. The van der Waals surface area contributed by atoms with Crippen molar-refractivity contribution in [2.45, 2.75) is 53.6 Å². The molecule has 1 N–H and O–H groups in total. The predicted molar refractivity (Wildman–Crippen MR) is 117 cm³/mol. The minimum atomic E-state index is -0.497. The van der Waals surface area contributed by atoms with E-state index in [0.717, 1.165) is 0 Å². The Bertz CT molecular complexity index is 740. The lowest BCUT2D eigenvalue weighted by Gasteiger charge is -2.34. The Hall–Kier alpha value is -2.40. The van der Waals surface area contributed by atoms with Crippen molar-refractivity contribution >= 4 is 5.97 Å². The minimum Gasteiger partial charge on any atom is -0.464 e. The van der Waals surface area contributed by atoms with E-state index >= 15 is 0 Å². The molecule has 0 amide bonds. The summed E-state index contributed by atoms with van der Waals surface area (Å²) in [7, 11) is 1.31. The molecule has 1 aromatic heterocycles. The van der Waals surface area contributed by atoms with Crippen LogP contribution in [0.15, 0.2) is 59.3 Å². The van der Waals surface area contributed by atoms with E-state index in [1.54, 1.807) is 0 Å². The van der Waals surface area contributed by atoms with E-state index in [9.17, 15) is 9.90 Å². The normalized spacial score (nSPS) is 16.2. The van der Waals surface area contributed by atoms with Crippen LogP contribution in [0.5, 0.6) is 0 Å². The second-order valence-electron chi connectivity index (χ2n) is 7.88. The van der Waals surface area contributed by atoms with Crippen LogP contribution in [-0.4, -0.2) is 29.3 Å². The second-order valence-corrected chi connectivity index (χ2v) is 7.88. The summed E-state index contributed by atoms with van der Waals surface area (Å²) in [4.78, 5) is 15.5. The maximum atomic E-state index is 11.4. The Kier molecular flexibility index (Phi) is 10.4. The first-order chi connectivity index (χ1) is 13.7. The molecule has 0 aromatic carbocycles. The van der Waals surface area contributed by atoms with Gasteiger partial charge in [-0.1, -0.05) is 76.3 Å². The van der Waals surface area contributed by atoms with Crippen molar-refractivity contribution in [1.82, 2.24) is 4.98 Å². The number of carbonyl (C=O) groups excluding carboxylic acids is 1. The van der Waals surface area contributed by atoms with Crippen molar-refractivity contribution in [3.05, 3.63) is 66.5 Å². The minimum absolute atomic E-state index is 0.177. The van der Waals surface area contributed by atoms with Crippen LogP contribution < -0.4 is 0 Å². The quantitative estimate of drug-likeness (QED) is 0.309. The molecule has 0 aliphatic carbocycles. The third kappa shape index (κ3) is 8.24.